The summed E-state index contributed by atoms with van der Waals surface area (Å²) in [5, 5.41) is 19.5. The van der Waals surface area contributed by atoms with Gasteiger partial charge in [-0.25, -0.2) is 0 Å². The Bertz CT molecular complexity index is 1200. The van der Waals surface area contributed by atoms with Crippen molar-refractivity contribution < 1.29 is 19.2 Å². The summed E-state index contributed by atoms with van der Waals surface area (Å²) in [4.78, 5) is 34.7. The van der Waals surface area contributed by atoms with E-state index in [1.54, 1.807) is 54.6 Å². The van der Waals surface area contributed by atoms with Crippen LogP contribution in [-0.2, 0) is 4.79 Å². The van der Waals surface area contributed by atoms with Crippen LogP contribution in [0.15, 0.2) is 72.8 Å². The van der Waals surface area contributed by atoms with Gasteiger partial charge < -0.3 is 15.4 Å². The molecule has 0 aliphatic heterocycles. The fourth-order valence-electron chi connectivity index (χ4n) is 2.67. The number of nitrogens with one attached hydrogen (secondary N) is 3. The zero-order chi connectivity index (χ0) is 23.8. The van der Waals surface area contributed by atoms with Crippen LogP contribution in [-0.4, -0.2) is 28.5 Å². The minimum Gasteiger partial charge on any atom is -0.477 e. The third-order valence-corrected chi connectivity index (χ3v) is 4.60. The number of halogens is 1. The Morgan fingerprint density at radius 2 is 1.64 bits per heavy atom. The van der Waals surface area contributed by atoms with Crippen molar-refractivity contribution in [2.75, 3.05) is 17.2 Å². The molecule has 33 heavy (non-hydrogen) atoms. The molecule has 0 aromatic heterocycles. The van der Waals surface area contributed by atoms with Crippen LogP contribution >= 0.6 is 23.8 Å². The second-order valence-electron chi connectivity index (χ2n) is 6.56. The van der Waals surface area contributed by atoms with Crippen molar-refractivity contribution in [1.82, 2.24) is 5.32 Å². The standard InChI is InChI=1S/C22H17ClN4O5S/c23-15-5-3-4-14(12-15)21(29)24-16-8-10-17(11-9-16)25-22(33)26-20(28)13-32-19-7-2-1-6-18(19)27(30)31/h1-12H,13H2,(H,24,29)(H2,25,26,28,33). The van der Waals surface area contributed by atoms with Crippen LogP contribution < -0.4 is 20.7 Å². The van der Waals surface area contributed by atoms with Gasteiger partial charge in [0.2, 0.25) is 0 Å². The summed E-state index contributed by atoms with van der Waals surface area (Å²) in [6, 6.07) is 19.0. The van der Waals surface area contributed by atoms with E-state index in [-0.39, 0.29) is 22.5 Å². The summed E-state index contributed by atoms with van der Waals surface area (Å²) in [5.41, 5.74) is 1.31. The van der Waals surface area contributed by atoms with Gasteiger partial charge in [-0.05, 0) is 60.7 Å². The van der Waals surface area contributed by atoms with E-state index in [0.717, 1.165) is 0 Å². The Labute approximate surface area is 198 Å². The van der Waals surface area contributed by atoms with Crippen LogP contribution in [0, 0.1) is 10.1 Å². The molecule has 3 rings (SSSR count). The molecule has 0 bridgehead atoms. The van der Waals surface area contributed by atoms with Gasteiger partial charge >= 0.3 is 5.69 Å². The van der Waals surface area contributed by atoms with Crippen molar-refractivity contribution in [2.24, 2.45) is 0 Å². The summed E-state index contributed by atoms with van der Waals surface area (Å²) in [7, 11) is 0. The molecule has 0 heterocycles. The summed E-state index contributed by atoms with van der Waals surface area (Å²) in [5.74, 6) is -0.914. The number of anilines is 2. The lowest BCUT2D eigenvalue weighted by Gasteiger charge is -2.11. The highest BCUT2D eigenvalue weighted by Crippen LogP contribution is 2.25. The number of thiocarbonyl (C=S) groups is 1. The first-order valence-corrected chi connectivity index (χ1v) is 10.2. The van der Waals surface area contributed by atoms with Crippen molar-refractivity contribution in [3.8, 4) is 5.75 Å². The number of nitro groups is 1. The fourth-order valence-corrected chi connectivity index (χ4v) is 3.09. The topological polar surface area (TPSA) is 123 Å². The van der Waals surface area contributed by atoms with E-state index in [0.29, 0.717) is 22.0 Å². The Kier molecular flexibility index (Phi) is 7.90. The Balaban J connectivity index is 1.49. The van der Waals surface area contributed by atoms with Gasteiger partial charge in [0.05, 0.1) is 4.92 Å². The van der Waals surface area contributed by atoms with Gasteiger partial charge in [-0.2, -0.15) is 0 Å². The SMILES string of the molecule is O=C(COc1ccccc1[N+](=O)[O-])NC(=S)Nc1ccc(NC(=O)c2cccc(Cl)c2)cc1. The van der Waals surface area contributed by atoms with Gasteiger partial charge in [-0.3, -0.25) is 25.0 Å². The molecule has 0 spiro atoms. The molecule has 0 aliphatic rings. The number of hydrogen-bond acceptors (Lipinski definition) is 6. The molecule has 3 N–H and O–H groups in total. The molecule has 0 unspecified atom stereocenters. The summed E-state index contributed by atoms with van der Waals surface area (Å²) >= 11 is 11.0. The predicted molar refractivity (Wildman–Crippen MR) is 129 cm³/mol. The van der Waals surface area contributed by atoms with Crippen molar-refractivity contribution in [3.05, 3.63) is 93.5 Å². The van der Waals surface area contributed by atoms with E-state index >= 15 is 0 Å². The van der Waals surface area contributed by atoms with Crippen LogP contribution in [0.2, 0.25) is 5.02 Å². The third kappa shape index (κ3) is 6.99. The zero-order valence-corrected chi connectivity index (χ0v) is 18.5. The number of carbonyl (C=O) groups excluding carboxylic acids is 2. The van der Waals surface area contributed by atoms with Gasteiger partial charge in [0.1, 0.15) is 0 Å². The van der Waals surface area contributed by atoms with Gasteiger partial charge in [0, 0.05) is 28.0 Å². The molecule has 168 valence electrons. The van der Waals surface area contributed by atoms with Crippen molar-refractivity contribution in [3.63, 3.8) is 0 Å². The molecule has 0 saturated carbocycles. The van der Waals surface area contributed by atoms with Crippen LogP contribution in [0.25, 0.3) is 0 Å². The van der Waals surface area contributed by atoms with Crippen molar-refractivity contribution >= 4 is 57.8 Å². The van der Waals surface area contributed by atoms with Crippen LogP contribution in [0.5, 0.6) is 5.75 Å². The highest BCUT2D eigenvalue weighted by molar-refractivity contribution is 7.80. The smallest absolute Gasteiger partial charge is 0.310 e. The first-order valence-electron chi connectivity index (χ1n) is 9.46. The number of amides is 2. The molecule has 0 atom stereocenters. The van der Waals surface area contributed by atoms with Gasteiger partial charge in [-0.15, -0.1) is 0 Å². The lowest BCUT2D eigenvalue weighted by Crippen LogP contribution is -2.37. The minimum atomic E-state index is -0.597. The monoisotopic (exact) mass is 484 g/mol. The predicted octanol–water partition coefficient (Wildman–Crippen LogP) is 4.39. The molecule has 9 nitrogen and oxygen atoms in total. The average Bonchev–Trinajstić information content (AvgIpc) is 2.79. The Morgan fingerprint density at radius 3 is 2.30 bits per heavy atom. The molecule has 3 aromatic carbocycles. The number of carbonyl (C=O) groups is 2. The molecular weight excluding hydrogens is 468 g/mol. The quantitative estimate of drug-likeness (QED) is 0.258. The number of para-hydroxylation sites is 2. The molecule has 0 aliphatic carbocycles. The zero-order valence-electron chi connectivity index (χ0n) is 16.9. The molecule has 0 radical (unpaired) electrons. The van der Waals surface area contributed by atoms with Crippen molar-refractivity contribution in [1.29, 1.82) is 0 Å². The second kappa shape index (κ2) is 11.0. The maximum absolute atomic E-state index is 12.3. The van der Waals surface area contributed by atoms with E-state index in [1.165, 1.54) is 18.2 Å². The first-order chi connectivity index (χ1) is 15.8. The lowest BCUT2D eigenvalue weighted by molar-refractivity contribution is -0.385. The molecule has 0 saturated heterocycles. The largest absolute Gasteiger partial charge is 0.477 e. The van der Waals surface area contributed by atoms with Crippen molar-refractivity contribution in [2.45, 2.75) is 0 Å². The van der Waals surface area contributed by atoms with Gasteiger partial charge in [0.25, 0.3) is 11.8 Å². The number of nitrogens with zero attached hydrogens (tertiary/aromatic N) is 1. The normalized spacial score (nSPS) is 10.1. The number of benzene rings is 3. The van der Waals surface area contributed by atoms with E-state index in [2.05, 4.69) is 16.0 Å². The first kappa shape index (κ1) is 23.6. The maximum Gasteiger partial charge on any atom is 0.310 e. The summed E-state index contributed by atoms with van der Waals surface area (Å²) in [6.07, 6.45) is 0. The van der Waals surface area contributed by atoms with Gasteiger partial charge in [-0.1, -0.05) is 29.8 Å². The van der Waals surface area contributed by atoms with Gasteiger partial charge in [0.15, 0.2) is 17.5 Å². The maximum atomic E-state index is 12.3. The number of ether oxygens (including phenoxy) is 1. The highest BCUT2D eigenvalue weighted by atomic mass is 35.5. The highest BCUT2D eigenvalue weighted by Gasteiger charge is 2.15. The number of hydrogen-bond donors (Lipinski definition) is 3. The van der Waals surface area contributed by atoms with E-state index in [1.807, 2.05) is 0 Å². The minimum absolute atomic E-state index is 0.0156. The van der Waals surface area contributed by atoms with E-state index in [9.17, 15) is 19.7 Å². The van der Waals surface area contributed by atoms with E-state index < -0.39 is 17.4 Å². The molecule has 2 amide bonds. The van der Waals surface area contributed by atoms with Crippen LogP contribution in [0.4, 0.5) is 17.1 Å². The fraction of sp³-hybridized carbons (Fsp3) is 0.0455. The number of nitro benzene ring substituents is 1. The lowest BCUT2D eigenvalue weighted by atomic mass is 10.2. The van der Waals surface area contributed by atoms with Crippen LogP contribution in [0.1, 0.15) is 10.4 Å². The van der Waals surface area contributed by atoms with Crippen LogP contribution in [0.3, 0.4) is 0 Å². The third-order valence-electron chi connectivity index (χ3n) is 4.16. The molecule has 11 heteroatoms. The Morgan fingerprint density at radius 1 is 0.970 bits per heavy atom. The summed E-state index contributed by atoms with van der Waals surface area (Å²) < 4.78 is 5.22. The van der Waals surface area contributed by atoms with E-state index in [4.69, 9.17) is 28.6 Å². The Hall–Kier alpha value is -4.02. The molecular formula is C22H17ClN4O5S. The summed E-state index contributed by atoms with van der Waals surface area (Å²) in [6.45, 7) is -0.457. The second-order valence-corrected chi connectivity index (χ2v) is 7.40. The number of rotatable bonds is 7. The average molecular weight is 485 g/mol. The molecule has 3 aromatic rings. The molecule has 0 fully saturated rings.